The maximum atomic E-state index is 13.4. The SMILES string of the molecule is CS(=O)(=O)c1ccc(Cc2nc(N3CCCC(NC(=O)N4CCN(Cc5ccc6c(c5)C(=O)N(C5CCC(=O)NC5=O)C6=O)CC4)C3)cnc2C(N)=O)cc1.CS(=O)(=O)c1ccc(Cc2nc(N3CCCC(NC(=O)N4CCNCC4)C3)cnc2C(N)=O)cc1.O=Cc1ccc2c(c1)C(=O)N(C1CCC(=O)NC1=O)C2=O. The molecule has 8 aliphatic rings. The molecule has 0 spiro atoms. The van der Waals surface area contributed by atoms with E-state index in [1.165, 1.54) is 54.9 Å². The van der Waals surface area contributed by atoms with Gasteiger partial charge in [0.1, 0.15) is 41.4 Å². The first-order valence-electron chi connectivity index (χ1n) is 36.1. The monoisotopic (exact) mass is 1560 g/mol. The van der Waals surface area contributed by atoms with E-state index in [2.05, 4.69) is 46.4 Å². The molecule has 9 N–H and O–H groups in total. The number of nitrogens with zero attached hydrogens (tertiary/aromatic N) is 11. The standard InChI is InChI=1S/C37H41N9O8S.C23H31N7O4S.C14H10N2O5/c1-55(53,54)25-7-4-22(5-8-25)18-28-32(33(38)48)39-19-30(41-28)45-12-2-3-24(21-45)40-37(52)44-15-13-43(14-16-44)20-23-6-9-26-27(17-23)36(51)46(35(26)50)29-10-11-31(47)42-34(29)49;1-35(33,34)18-6-4-16(5-7-18)13-19-21(22(24)31)26-14-20(28-19)30-10-2-3-17(15-30)27-23(32)29-11-8-25-9-12-29;17-6-7-1-2-8-9(5-7)14(21)16(13(8)20)10-3-4-11(18)15-12(10)19/h4-9,17,19,24,29H,2-3,10-16,18,20-21H2,1H3,(H2,38,48)(H,40,52)(H,42,47,49);4-7,14,17,25H,2-3,8-13,15H2,1H3,(H2,24,31)(H,27,32);1-2,5-6,10H,3-4H2,(H,15,18,19). The van der Waals surface area contributed by atoms with E-state index in [1.807, 2.05) is 9.80 Å². The Morgan fingerprint density at radius 1 is 0.514 bits per heavy atom. The van der Waals surface area contributed by atoms with Gasteiger partial charge in [-0.05, 0) is 104 Å². The van der Waals surface area contributed by atoms with Gasteiger partial charge in [-0.1, -0.05) is 36.4 Å². The summed E-state index contributed by atoms with van der Waals surface area (Å²) in [5, 5.41) is 13.9. The fourth-order valence-corrected chi connectivity index (χ4v) is 15.7. The number of amides is 14. The number of imide groups is 4. The van der Waals surface area contributed by atoms with Gasteiger partial charge in [-0.25, -0.2) is 46.4 Å². The number of sulfone groups is 2. The minimum atomic E-state index is -3.36. The van der Waals surface area contributed by atoms with Crippen LogP contribution in [0.25, 0.3) is 0 Å². The first kappa shape index (κ1) is 78.7. The van der Waals surface area contributed by atoms with E-state index in [1.54, 1.807) is 47.4 Å². The lowest BCUT2D eigenvalue weighted by atomic mass is 10.0. The van der Waals surface area contributed by atoms with Crippen LogP contribution in [-0.4, -0.2) is 254 Å². The minimum Gasteiger partial charge on any atom is -0.364 e. The van der Waals surface area contributed by atoms with Crippen molar-refractivity contribution in [3.05, 3.63) is 165 Å². The minimum absolute atomic E-state index is 0.0178. The van der Waals surface area contributed by atoms with Crippen molar-refractivity contribution in [3.63, 3.8) is 0 Å². The number of fused-ring (bicyclic) bond motifs is 2. The molecule has 0 bridgehead atoms. The fourth-order valence-electron chi connectivity index (χ4n) is 14.4. The molecule has 8 aliphatic heterocycles. The average Bonchev–Trinajstić information content (AvgIpc) is 1.61. The van der Waals surface area contributed by atoms with Crippen molar-refractivity contribution in [3.8, 4) is 0 Å². The smallest absolute Gasteiger partial charge is 0.317 e. The molecule has 4 unspecified atom stereocenters. The van der Waals surface area contributed by atoms with Gasteiger partial charge in [0.2, 0.25) is 23.6 Å². The van der Waals surface area contributed by atoms with E-state index in [4.69, 9.17) is 21.4 Å². The van der Waals surface area contributed by atoms with Gasteiger partial charge >= 0.3 is 12.1 Å². The normalized spacial score (nSPS) is 20.2. The third-order valence-electron chi connectivity index (χ3n) is 20.3. The molecule has 111 heavy (non-hydrogen) atoms. The molecule has 10 heterocycles. The van der Waals surface area contributed by atoms with Crippen LogP contribution in [0.3, 0.4) is 0 Å². The van der Waals surface area contributed by atoms with Crippen LogP contribution < -0.4 is 47.9 Å². The Bertz CT molecular complexity index is 5000. The molecule has 0 aliphatic carbocycles. The van der Waals surface area contributed by atoms with Crippen LogP contribution in [0.15, 0.2) is 107 Å². The van der Waals surface area contributed by atoms with Crippen molar-refractivity contribution < 1.29 is 79.2 Å². The molecule has 582 valence electrons. The van der Waals surface area contributed by atoms with Crippen LogP contribution in [0.1, 0.15) is 152 Å². The maximum absolute atomic E-state index is 13.4. The number of nitrogens with one attached hydrogen (secondary N) is 5. The Morgan fingerprint density at radius 2 is 0.928 bits per heavy atom. The van der Waals surface area contributed by atoms with Crippen LogP contribution in [0.5, 0.6) is 0 Å². The summed E-state index contributed by atoms with van der Waals surface area (Å²) in [6.07, 6.45) is 10.1. The molecule has 2 aromatic heterocycles. The first-order chi connectivity index (χ1) is 53.0. The lowest BCUT2D eigenvalue weighted by Crippen LogP contribution is -2.56. The summed E-state index contributed by atoms with van der Waals surface area (Å²) in [6, 6.07) is 19.6. The Morgan fingerprint density at radius 3 is 1.35 bits per heavy atom. The van der Waals surface area contributed by atoms with E-state index >= 15 is 0 Å². The second-order valence-corrected chi connectivity index (χ2v) is 32.2. The molecule has 6 aromatic rings. The van der Waals surface area contributed by atoms with Gasteiger partial charge < -0.3 is 47.0 Å². The van der Waals surface area contributed by atoms with Gasteiger partial charge in [0.15, 0.2) is 19.7 Å². The summed E-state index contributed by atoms with van der Waals surface area (Å²) in [7, 11) is -6.66. The Balaban J connectivity index is 0.000000173. The molecular formula is C74H82N18O17S2. The summed E-state index contributed by atoms with van der Waals surface area (Å²) in [5.41, 5.74) is 15.4. The molecule has 6 fully saturated rings. The number of primary amides is 2. The molecule has 0 radical (unpaired) electrons. The highest BCUT2D eigenvalue weighted by atomic mass is 32.2. The largest absolute Gasteiger partial charge is 0.364 e. The van der Waals surface area contributed by atoms with Crippen molar-refractivity contribution in [2.75, 3.05) is 101 Å². The third-order valence-corrected chi connectivity index (χ3v) is 22.6. The predicted molar refractivity (Wildman–Crippen MR) is 396 cm³/mol. The number of piperazine rings is 2. The fraction of sp³-hybridized carbons (Fsp3) is 0.392. The molecule has 14 rings (SSSR count). The van der Waals surface area contributed by atoms with Crippen LogP contribution in [0, 0.1) is 0 Å². The molecule has 6 saturated heterocycles. The number of aromatic nitrogens is 4. The number of hydrogen-bond donors (Lipinski definition) is 7. The Labute approximate surface area is 637 Å². The van der Waals surface area contributed by atoms with E-state index in [9.17, 15) is 79.2 Å². The highest BCUT2D eigenvalue weighted by Gasteiger charge is 2.47. The van der Waals surface area contributed by atoms with E-state index < -0.39 is 90.8 Å². The van der Waals surface area contributed by atoms with Gasteiger partial charge in [-0.2, -0.15) is 0 Å². The molecule has 14 amide bonds. The van der Waals surface area contributed by atoms with E-state index in [-0.39, 0.29) is 112 Å². The predicted octanol–water partition coefficient (Wildman–Crippen LogP) is 0.521. The number of nitrogens with two attached hydrogens (primary N) is 2. The number of anilines is 2. The summed E-state index contributed by atoms with van der Waals surface area (Å²) >= 11 is 0. The van der Waals surface area contributed by atoms with Crippen molar-refractivity contribution in [2.24, 2.45) is 11.5 Å². The quantitative estimate of drug-likeness (QED) is 0.0483. The van der Waals surface area contributed by atoms with Crippen LogP contribution in [-0.2, 0) is 58.2 Å². The second-order valence-electron chi connectivity index (χ2n) is 28.1. The lowest BCUT2D eigenvalue weighted by Gasteiger charge is -2.38. The summed E-state index contributed by atoms with van der Waals surface area (Å²) in [5.74, 6) is -4.68. The number of benzene rings is 4. The number of piperidine rings is 4. The molecular weight excluding hydrogens is 1480 g/mol. The van der Waals surface area contributed by atoms with Gasteiger partial charge in [-0.15, -0.1) is 0 Å². The summed E-state index contributed by atoms with van der Waals surface area (Å²) in [4.78, 5) is 189. The third kappa shape index (κ3) is 18.4. The summed E-state index contributed by atoms with van der Waals surface area (Å²) < 4.78 is 47.2. The second kappa shape index (κ2) is 33.6. The molecule has 4 aromatic carbocycles. The molecule has 35 nitrogen and oxygen atoms in total. The van der Waals surface area contributed by atoms with Gasteiger partial charge in [0.05, 0.1) is 55.8 Å². The highest BCUT2D eigenvalue weighted by Crippen LogP contribution is 2.32. The van der Waals surface area contributed by atoms with Crippen molar-refractivity contribution in [2.45, 2.75) is 105 Å². The van der Waals surface area contributed by atoms with Crippen molar-refractivity contribution in [1.29, 1.82) is 0 Å². The maximum Gasteiger partial charge on any atom is 0.317 e. The van der Waals surface area contributed by atoms with Crippen LogP contribution in [0.4, 0.5) is 21.2 Å². The van der Waals surface area contributed by atoms with Crippen molar-refractivity contribution >= 4 is 109 Å². The Hall–Kier alpha value is -11.8. The number of hydrogen-bond acceptors (Lipinski definition) is 25. The number of urea groups is 2. The molecule has 4 atom stereocenters. The van der Waals surface area contributed by atoms with Crippen LogP contribution >= 0.6 is 0 Å². The number of carbonyl (C=O) groups excluding carboxylic acids is 13. The number of carbonyl (C=O) groups is 13. The Kier molecular flexibility index (Phi) is 23.8. The van der Waals surface area contributed by atoms with Gasteiger partial charge in [-0.3, -0.25) is 78.1 Å². The van der Waals surface area contributed by atoms with Crippen LogP contribution in [0.2, 0.25) is 0 Å². The zero-order chi connectivity index (χ0) is 79.2. The zero-order valence-corrected chi connectivity index (χ0v) is 62.4. The topological polar surface area (TPSA) is 477 Å². The first-order valence-corrected chi connectivity index (χ1v) is 39.8. The van der Waals surface area contributed by atoms with Gasteiger partial charge in [0.25, 0.3) is 35.4 Å². The molecule has 37 heteroatoms. The van der Waals surface area contributed by atoms with E-state index in [0.29, 0.717) is 94.8 Å². The molecule has 0 saturated carbocycles. The highest BCUT2D eigenvalue weighted by molar-refractivity contribution is 7.91. The van der Waals surface area contributed by atoms with Crippen molar-refractivity contribution in [1.82, 2.24) is 71.0 Å². The zero-order valence-electron chi connectivity index (χ0n) is 60.7. The average molecular weight is 1560 g/mol. The lowest BCUT2D eigenvalue weighted by molar-refractivity contribution is -0.137. The van der Waals surface area contributed by atoms with Gasteiger partial charge in [0, 0.05) is 141 Å². The van der Waals surface area contributed by atoms with E-state index in [0.717, 1.165) is 84.3 Å². The number of rotatable bonds is 17. The summed E-state index contributed by atoms with van der Waals surface area (Å²) in [6.45, 7) is 8.16. The number of aldehydes is 1.